The summed E-state index contributed by atoms with van der Waals surface area (Å²) in [6.45, 7) is 0. The monoisotopic (exact) mass is 474 g/mol. The molecule has 2 nitrogen and oxygen atoms in total. The van der Waals surface area contributed by atoms with Crippen molar-refractivity contribution in [2.45, 2.75) is 4.90 Å². The third-order valence-corrected chi connectivity index (χ3v) is 6.98. The van der Waals surface area contributed by atoms with E-state index in [4.69, 9.17) is 17.6 Å². The Morgan fingerprint density at radius 2 is 1.59 bits per heavy atom. The molecule has 0 atom stereocenters. The molecule has 0 radical (unpaired) electrons. The number of benzene rings is 2. The molecule has 3 aromatic heterocycles. The van der Waals surface area contributed by atoms with Crippen LogP contribution in [0.1, 0.15) is 0 Å². The average molecular weight is 474 g/mol. The van der Waals surface area contributed by atoms with Gasteiger partial charge in [0.1, 0.15) is 0 Å². The fourth-order valence-corrected chi connectivity index (χ4v) is 5.78. The molecule has 0 aliphatic heterocycles. The molecule has 0 saturated carbocycles. The van der Waals surface area contributed by atoms with Crippen molar-refractivity contribution >= 4 is 46.6 Å². The first-order valence-corrected chi connectivity index (χ1v) is 10.4. The number of hydrogen-bond donors (Lipinski definition) is 0. The standard InChI is InChI=1S/C22H13N2SSe.Ni/c25-18-8-4-9-19-21(18)22-20(26-19)11-10-17(24-22)15-6-3-5-14(13-15)16-7-1-2-12-23-16;/h1-12,25H;/q-1;+2/p-1. The number of fused-ring (bicyclic) bond motifs is 3. The zero-order chi connectivity index (χ0) is 17.5. The van der Waals surface area contributed by atoms with E-state index < -0.39 is 0 Å². The summed E-state index contributed by atoms with van der Waals surface area (Å²) in [5.74, 6) is 0. The Balaban J connectivity index is 0.00000180. The number of hydrogen-bond acceptors (Lipinski definition) is 3. The summed E-state index contributed by atoms with van der Waals surface area (Å²) in [6, 6.07) is 25.9. The Hall–Kier alpha value is -2.03. The van der Waals surface area contributed by atoms with E-state index in [2.05, 4.69) is 29.2 Å². The molecule has 27 heavy (non-hydrogen) atoms. The van der Waals surface area contributed by atoms with Crippen molar-refractivity contribution < 1.29 is 16.5 Å². The number of aromatic nitrogens is 2. The Morgan fingerprint density at radius 3 is 2.41 bits per heavy atom. The topological polar surface area (TPSA) is 25.8 Å². The maximum absolute atomic E-state index is 5.55. The molecule has 3 heterocycles. The molecule has 0 aliphatic carbocycles. The van der Waals surface area contributed by atoms with Gasteiger partial charge in [0.15, 0.2) is 0 Å². The Morgan fingerprint density at radius 1 is 0.778 bits per heavy atom. The summed E-state index contributed by atoms with van der Waals surface area (Å²) >= 11 is 5.84. The van der Waals surface area contributed by atoms with Crippen LogP contribution in [0, 0.1) is 6.07 Å². The van der Waals surface area contributed by atoms with Gasteiger partial charge in [0, 0.05) is 0 Å². The normalized spacial score (nSPS) is 10.8. The van der Waals surface area contributed by atoms with Gasteiger partial charge in [0.25, 0.3) is 0 Å². The molecule has 0 bridgehead atoms. The molecule has 2 aromatic carbocycles. The van der Waals surface area contributed by atoms with Crippen LogP contribution in [0.5, 0.6) is 0 Å². The zero-order valence-electron chi connectivity index (χ0n) is 14.0. The van der Waals surface area contributed by atoms with Crippen LogP contribution in [-0.4, -0.2) is 24.5 Å². The van der Waals surface area contributed by atoms with Gasteiger partial charge in [-0.1, -0.05) is 0 Å². The first-order chi connectivity index (χ1) is 12.8. The van der Waals surface area contributed by atoms with Crippen LogP contribution in [0.4, 0.5) is 0 Å². The summed E-state index contributed by atoms with van der Waals surface area (Å²) in [5, 5.41) is 1.14. The molecular weight excluding hydrogens is 462 g/mol. The van der Waals surface area contributed by atoms with E-state index in [1.165, 1.54) is 8.52 Å². The van der Waals surface area contributed by atoms with Gasteiger partial charge in [-0.2, -0.15) is 0 Å². The van der Waals surface area contributed by atoms with Crippen molar-refractivity contribution in [1.82, 2.24) is 9.97 Å². The SMILES string of the molecule is [Ni+2].[S-]c1cccc2[se]c3ccc(-c4[c-]c(-c5ccccn5)ccc4)nc3c12. The minimum atomic E-state index is 0. The molecule has 132 valence electrons. The van der Waals surface area contributed by atoms with Crippen LogP contribution >= 0.6 is 0 Å². The molecular formula is C22H12N2NiSSe. The second-order valence-corrected chi connectivity index (χ2v) is 8.68. The van der Waals surface area contributed by atoms with Crippen LogP contribution in [0.2, 0.25) is 0 Å². The summed E-state index contributed by atoms with van der Waals surface area (Å²) in [7, 11) is 0. The fraction of sp³-hybridized carbons (Fsp3) is 0. The first kappa shape index (κ1) is 18.3. The van der Waals surface area contributed by atoms with Crippen LogP contribution in [-0.2, 0) is 29.1 Å². The van der Waals surface area contributed by atoms with Crippen molar-refractivity contribution in [3.63, 3.8) is 0 Å². The molecule has 5 heteroatoms. The van der Waals surface area contributed by atoms with Crippen LogP contribution in [0.25, 0.3) is 41.9 Å². The van der Waals surface area contributed by atoms with Crippen molar-refractivity contribution in [3.05, 3.63) is 79.0 Å². The average Bonchev–Trinajstić information content (AvgIpc) is 3.08. The van der Waals surface area contributed by atoms with Gasteiger partial charge in [-0.25, -0.2) is 0 Å². The molecule has 0 fully saturated rings. The van der Waals surface area contributed by atoms with Crippen LogP contribution in [0.15, 0.2) is 77.8 Å². The predicted octanol–water partition coefficient (Wildman–Crippen LogP) is 4.88. The molecule has 0 aliphatic rings. The van der Waals surface area contributed by atoms with E-state index >= 15 is 0 Å². The molecule has 0 amide bonds. The van der Waals surface area contributed by atoms with E-state index in [-0.39, 0.29) is 31.0 Å². The molecule has 0 N–H and O–H groups in total. The fourth-order valence-electron chi connectivity index (χ4n) is 3.10. The number of rotatable bonds is 2. The molecule has 5 aromatic rings. The van der Waals surface area contributed by atoms with Gasteiger partial charge < -0.3 is 0 Å². The van der Waals surface area contributed by atoms with E-state index in [0.717, 1.165) is 38.3 Å². The Labute approximate surface area is 178 Å². The Bertz CT molecular complexity index is 1250. The second-order valence-electron chi connectivity index (χ2n) is 5.97. The number of pyridine rings is 2. The maximum atomic E-state index is 5.55. The van der Waals surface area contributed by atoms with E-state index in [0.29, 0.717) is 0 Å². The Kier molecular flexibility index (Phi) is 5.12. The van der Waals surface area contributed by atoms with Crippen molar-refractivity contribution in [1.29, 1.82) is 0 Å². The van der Waals surface area contributed by atoms with Crippen LogP contribution < -0.4 is 0 Å². The third-order valence-electron chi connectivity index (χ3n) is 4.31. The third kappa shape index (κ3) is 3.33. The first-order valence-electron chi connectivity index (χ1n) is 8.23. The van der Waals surface area contributed by atoms with E-state index in [9.17, 15) is 0 Å². The second kappa shape index (κ2) is 7.54. The molecule has 0 spiro atoms. The van der Waals surface area contributed by atoms with E-state index in [1.807, 2.05) is 48.5 Å². The summed E-state index contributed by atoms with van der Waals surface area (Å²) in [5.41, 5.74) is 4.82. The summed E-state index contributed by atoms with van der Waals surface area (Å²) in [4.78, 5) is 10.3. The van der Waals surface area contributed by atoms with Gasteiger partial charge in [0.2, 0.25) is 0 Å². The molecule has 0 unspecified atom stereocenters. The van der Waals surface area contributed by atoms with Gasteiger partial charge in [-0.05, 0) is 0 Å². The predicted molar refractivity (Wildman–Crippen MR) is 109 cm³/mol. The van der Waals surface area contributed by atoms with Gasteiger partial charge in [0.05, 0.1) is 0 Å². The van der Waals surface area contributed by atoms with Crippen molar-refractivity contribution in [2.75, 3.05) is 0 Å². The van der Waals surface area contributed by atoms with E-state index in [1.54, 1.807) is 6.20 Å². The van der Waals surface area contributed by atoms with Crippen LogP contribution in [0.3, 0.4) is 0 Å². The van der Waals surface area contributed by atoms with Gasteiger partial charge >= 0.3 is 179 Å². The van der Waals surface area contributed by atoms with Crippen molar-refractivity contribution in [2.24, 2.45) is 0 Å². The van der Waals surface area contributed by atoms with Gasteiger partial charge in [-0.3, -0.25) is 0 Å². The quantitative estimate of drug-likeness (QED) is 0.208. The molecule has 5 rings (SSSR count). The minimum absolute atomic E-state index is 0. The summed E-state index contributed by atoms with van der Waals surface area (Å²) < 4.78 is 2.63. The summed E-state index contributed by atoms with van der Waals surface area (Å²) in [6.07, 6.45) is 1.80. The van der Waals surface area contributed by atoms with Gasteiger partial charge in [-0.15, -0.1) is 0 Å². The molecule has 0 saturated heterocycles. The van der Waals surface area contributed by atoms with Crippen molar-refractivity contribution in [3.8, 4) is 22.5 Å². The zero-order valence-corrected chi connectivity index (χ0v) is 17.5. The number of nitrogens with zero attached hydrogens (tertiary/aromatic N) is 2.